The molecule has 1 aromatic heterocycles. The van der Waals surface area contributed by atoms with E-state index in [1.165, 1.54) is 0 Å². The summed E-state index contributed by atoms with van der Waals surface area (Å²) >= 11 is 5.91. The summed E-state index contributed by atoms with van der Waals surface area (Å²) in [6.07, 6.45) is 0. The Morgan fingerprint density at radius 1 is 1.09 bits per heavy atom. The number of nitrogens with one attached hydrogen (secondary N) is 1. The van der Waals surface area contributed by atoms with Gasteiger partial charge in [0.05, 0.1) is 0 Å². The van der Waals surface area contributed by atoms with Gasteiger partial charge in [0, 0.05) is 10.4 Å². The first-order valence-corrected chi connectivity index (χ1v) is 7.26. The van der Waals surface area contributed by atoms with Crippen molar-refractivity contribution in [3.63, 3.8) is 0 Å². The van der Waals surface area contributed by atoms with Crippen LogP contribution < -0.4 is 11.1 Å². The quantitative estimate of drug-likeness (QED) is 0.772. The lowest BCUT2D eigenvalue weighted by atomic mass is 10.1. The molecule has 1 heterocycles. The van der Waals surface area contributed by atoms with E-state index in [-0.39, 0.29) is 5.76 Å². The fourth-order valence-electron chi connectivity index (χ4n) is 2.29. The van der Waals surface area contributed by atoms with Crippen LogP contribution in [0.2, 0.25) is 5.02 Å². The van der Waals surface area contributed by atoms with Crippen LogP contribution in [0.15, 0.2) is 59.0 Å². The normalized spacial score (nSPS) is 12.0. The molecule has 0 saturated heterocycles. The first-order chi connectivity index (χ1) is 11.0. The lowest BCUT2D eigenvalue weighted by molar-refractivity contribution is -0.120. The maximum Gasteiger partial charge on any atom is 0.287 e. The van der Waals surface area contributed by atoms with Crippen LogP contribution in [-0.2, 0) is 4.79 Å². The van der Waals surface area contributed by atoms with Gasteiger partial charge in [-0.1, -0.05) is 41.9 Å². The summed E-state index contributed by atoms with van der Waals surface area (Å²) in [4.78, 5) is 24.0. The molecule has 0 aliphatic heterocycles. The second-order valence-electron chi connectivity index (χ2n) is 5.01. The molecule has 3 N–H and O–H groups in total. The van der Waals surface area contributed by atoms with Gasteiger partial charge in [-0.2, -0.15) is 0 Å². The third-order valence-electron chi connectivity index (χ3n) is 3.39. The predicted octanol–water partition coefficient (Wildman–Crippen LogP) is 3.04. The third kappa shape index (κ3) is 3.19. The SMILES string of the molecule is NC(=O)C(NC(=O)c1cc2cc(Cl)ccc2o1)c1ccccc1. The second kappa shape index (κ2) is 6.14. The summed E-state index contributed by atoms with van der Waals surface area (Å²) in [7, 11) is 0. The minimum Gasteiger partial charge on any atom is -0.451 e. The molecule has 1 atom stereocenters. The molecule has 0 bridgehead atoms. The highest BCUT2D eigenvalue weighted by atomic mass is 35.5. The molecule has 23 heavy (non-hydrogen) atoms. The third-order valence-corrected chi connectivity index (χ3v) is 3.63. The minimum atomic E-state index is -0.930. The van der Waals surface area contributed by atoms with Gasteiger partial charge in [0.1, 0.15) is 11.6 Å². The summed E-state index contributed by atoms with van der Waals surface area (Å²) in [6, 6.07) is 14.5. The van der Waals surface area contributed by atoms with Crippen molar-refractivity contribution in [3.8, 4) is 0 Å². The number of carbonyl (C=O) groups excluding carboxylic acids is 2. The number of carbonyl (C=O) groups is 2. The van der Waals surface area contributed by atoms with E-state index in [1.54, 1.807) is 48.5 Å². The topological polar surface area (TPSA) is 85.3 Å². The van der Waals surface area contributed by atoms with Crippen LogP contribution in [0.25, 0.3) is 11.0 Å². The number of hydrogen-bond acceptors (Lipinski definition) is 3. The number of primary amides is 1. The molecule has 6 heteroatoms. The van der Waals surface area contributed by atoms with Gasteiger partial charge in [-0.15, -0.1) is 0 Å². The Morgan fingerprint density at radius 2 is 1.83 bits per heavy atom. The van der Waals surface area contributed by atoms with Crippen molar-refractivity contribution < 1.29 is 14.0 Å². The van der Waals surface area contributed by atoms with Gasteiger partial charge < -0.3 is 15.5 Å². The van der Waals surface area contributed by atoms with Crippen LogP contribution in [0, 0.1) is 0 Å². The smallest absolute Gasteiger partial charge is 0.287 e. The Bertz CT molecular complexity index is 874. The highest BCUT2D eigenvalue weighted by Gasteiger charge is 2.22. The van der Waals surface area contributed by atoms with Crippen molar-refractivity contribution >= 4 is 34.4 Å². The number of amides is 2. The van der Waals surface area contributed by atoms with E-state index in [0.717, 1.165) is 0 Å². The van der Waals surface area contributed by atoms with Crippen molar-refractivity contribution in [1.82, 2.24) is 5.32 Å². The van der Waals surface area contributed by atoms with E-state index in [1.807, 2.05) is 6.07 Å². The van der Waals surface area contributed by atoms with Crippen LogP contribution in [0.1, 0.15) is 22.2 Å². The second-order valence-corrected chi connectivity index (χ2v) is 5.45. The zero-order chi connectivity index (χ0) is 16.4. The Morgan fingerprint density at radius 3 is 2.52 bits per heavy atom. The zero-order valence-electron chi connectivity index (χ0n) is 12.0. The molecule has 0 aliphatic carbocycles. The fraction of sp³-hybridized carbons (Fsp3) is 0.0588. The van der Waals surface area contributed by atoms with E-state index < -0.39 is 17.9 Å². The molecule has 0 fully saturated rings. The first-order valence-electron chi connectivity index (χ1n) is 6.89. The van der Waals surface area contributed by atoms with E-state index >= 15 is 0 Å². The number of halogens is 1. The lowest BCUT2D eigenvalue weighted by Gasteiger charge is -2.14. The molecule has 5 nitrogen and oxygen atoms in total. The van der Waals surface area contributed by atoms with Gasteiger partial charge in [0.25, 0.3) is 5.91 Å². The highest BCUT2D eigenvalue weighted by Crippen LogP contribution is 2.23. The summed E-state index contributed by atoms with van der Waals surface area (Å²) in [5, 5.41) is 3.84. The standard InChI is InChI=1S/C17H13ClN2O3/c18-12-6-7-13-11(8-12)9-14(23-13)17(22)20-15(16(19)21)10-4-2-1-3-5-10/h1-9,15H,(H2,19,21)(H,20,22). The molecule has 3 aromatic rings. The summed E-state index contributed by atoms with van der Waals surface area (Å²) in [5.74, 6) is -1.09. The van der Waals surface area contributed by atoms with E-state index in [2.05, 4.69) is 5.32 Å². The van der Waals surface area contributed by atoms with Gasteiger partial charge in [-0.05, 0) is 29.8 Å². The average molecular weight is 329 g/mol. The van der Waals surface area contributed by atoms with Gasteiger partial charge in [0.2, 0.25) is 5.91 Å². The van der Waals surface area contributed by atoms with Crippen LogP contribution in [0.4, 0.5) is 0 Å². The van der Waals surface area contributed by atoms with E-state index in [9.17, 15) is 9.59 Å². The monoisotopic (exact) mass is 328 g/mol. The number of benzene rings is 2. The van der Waals surface area contributed by atoms with Crippen molar-refractivity contribution in [2.75, 3.05) is 0 Å². The Balaban J connectivity index is 1.87. The van der Waals surface area contributed by atoms with Crippen molar-refractivity contribution in [2.24, 2.45) is 5.73 Å². The van der Waals surface area contributed by atoms with Crippen molar-refractivity contribution in [1.29, 1.82) is 0 Å². The molecule has 0 spiro atoms. The summed E-state index contributed by atoms with van der Waals surface area (Å²) in [6.45, 7) is 0. The van der Waals surface area contributed by atoms with Gasteiger partial charge in [0.15, 0.2) is 5.76 Å². The van der Waals surface area contributed by atoms with Crippen molar-refractivity contribution in [3.05, 3.63) is 70.9 Å². The van der Waals surface area contributed by atoms with Crippen LogP contribution in [0.3, 0.4) is 0 Å². The maximum absolute atomic E-state index is 12.3. The number of rotatable bonds is 4. The molecule has 0 radical (unpaired) electrons. The molecule has 1 unspecified atom stereocenters. The lowest BCUT2D eigenvalue weighted by Crippen LogP contribution is -2.37. The number of furan rings is 1. The number of hydrogen-bond donors (Lipinski definition) is 2. The van der Waals surface area contributed by atoms with Gasteiger partial charge in [-0.3, -0.25) is 9.59 Å². The van der Waals surface area contributed by atoms with E-state index in [0.29, 0.717) is 21.6 Å². The molecule has 116 valence electrons. The number of nitrogens with two attached hydrogens (primary N) is 1. The van der Waals surface area contributed by atoms with Crippen molar-refractivity contribution in [2.45, 2.75) is 6.04 Å². The Hall–Kier alpha value is -2.79. The Kier molecular flexibility index (Phi) is 4.04. The maximum atomic E-state index is 12.3. The number of fused-ring (bicyclic) bond motifs is 1. The van der Waals surface area contributed by atoms with Gasteiger partial charge >= 0.3 is 0 Å². The van der Waals surface area contributed by atoms with Crippen LogP contribution >= 0.6 is 11.6 Å². The first kappa shape index (κ1) is 15.1. The largest absolute Gasteiger partial charge is 0.451 e. The molecule has 3 rings (SSSR count). The zero-order valence-corrected chi connectivity index (χ0v) is 12.7. The molecular formula is C17H13ClN2O3. The molecular weight excluding hydrogens is 316 g/mol. The fourth-order valence-corrected chi connectivity index (χ4v) is 2.47. The van der Waals surface area contributed by atoms with Crippen LogP contribution in [-0.4, -0.2) is 11.8 Å². The average Bonchev–Trinajstić information content (AvgIpc) is 2.96. The summed E-state index contributed by atoms with van der Waals surface area (Å²) in [5.41, 5.74) is 6.53. The molecule has 2 aromatic carbocycles. The predicted molar refractivity (Wildman–Crippen MR) is 87.1 cm³/mol. The van der Waals surface area contributed by atoms with Crippen LogP contribution in [0.5, 0.6) is 0 Å². The molecule has 0 aliphatic rings. The van der Waals surface area contributed by atoms with E-state index in [4.69, 9.17) is 21.8 Å². The summed E-state index contributed by atoms with van der Waals surface area (Å²) < 4.78 is 5.48. The molecule has 2 amide bonds. The van der Waals surface area contributed by atoms with Gasteiger partial charge in [-0.25, -0.2) is 0 Å². The molecule has 0 saturated carbocycles. The highest BCUT2D eigenvalue weighted by molar-refractivity contribution is 6.31. The minimum absolute atomic E-state index is 0.0875. The Labute approximate surface area is 137 Å².